The standard InChI is InChI=1S/C23H35F2N5O2S/c1-22(2,3)21-28-18-13-17(20-14-27-11-12-30(20)33(31,32)26-4)5-6-19(18)29(21)15-16-7-9-23(24,25)10-8-16/h5-6,13,16,20,26-27H,7-12,14-15H2,1-4H3. The Labute approximate surface area is 195 Å². The zero-order valence-electron chi connectivity index (χ0n) is 19.9. The summed E-state index contributed by atoms with van der Waals surface area (Å²) in [6.07, 6.45) is 0.922. The molecule has 2 heterocycles. The molecule has 2 N–H and O–H groups in total. The number of fused-ring (bicyclic) bond motifs is 1. The van der Waals surface area contributed by atoms with E-state index in [1.165, 1.54) is 11.4 Å². The zero-order valence-corrected chi connectivity index (χ0v) is 20.7. The molecule has 1 aliphatic heterocycles. The van der Waals surface area contributed by atoms with Crippen molar-refractivity contribution in [2.24, 2.45) is 5.92 Å². The Balaban J connectivity index is 1.70. The molecule has 2 fully saturated rings. The Kier molecular flexibility index (Phi) is 6.58. The summed E-state index contributed by atoms with van der Waals surface area (Å²) in [5.41, 5.74) is 2.45. The molecule has 1 aromatic carbocycles. The summed E-state index contributed by atoms with van der Waals surface area (Å²) in [6, 6.07) is 5.62. The van der Waals surface area contributed by atoms with Crippen molar-refractivity contribution in [3.8, 4) is 0 Å². The smallest absolute Gasteiger partial charge is 0.279 e. The molecule has 184 valence electrons. The van der Waals surface area contributed by atoms with Gasteiger partial charge in [0.25, 0.3) is 10.2 Å². The molecule has 7 nitrogen and oxygen atoms in total. The molecular weight excluding hydrogens is 448 g/mol. The number of nitrogens with zero attached hydrogens (tertiary/aromatic N) is 3. The van der Waals surface area contributed by atoms with Crippen LogP contribution in [-0.2, 0) is 22.2 Å². The maximum Gasteiger partial charge on any atom is 0.279 e. The lowest BCUT2D eigenvalue weighted by atomic mass is 9.86. The highest BCUT2D eigenvalue weighted by atomic mass is 32.2. The molecule has 2 aliphatic rings. The quantitative estimate of drug-likeness (QED) is 0.682. The van der Waals surface area contributed by atoms with Crippen LogP contribution in [0.25, 0.3) is 11.0 Å². The van der Waals surface area contributed by atoms with Crippen LogP contribution in [0.15, 0.2) is 18.2 Å². The lowest BCUT2D eigenvalue weighted by Gasteiger charge is -2.35. The maximum atomic E-state index is 13.7. The summed E-state index contributed by atoms with van der Waals surface area (Å²) < 4.78 is 58.6. The average Bonchev–Trinajstić information content (AvgIpc) is 3.13. The first kappa shape index (κ1) is 24.5. The lowest BCUT2D eigenvalue weighted by molar-refractivity contribution is -0.0473. The zero-order chi connectivity index (χ0) is 24.0. The summed E-state index contributed by atoms with van der Waals surface area (Å²) in [7, 11) is -2.14. The Hall–Kier alpha value is -1.62. The molecule has 33 heavy (non-hydrogen) atoms. The first-order valence-corrected chi connectivity index (χ1v) is 13.1. The van der Waals surface area contributed by atoms with Gasteiger partial charge in [-0.1, -0.05) is 26.8 Å². The molecule has 2 aromatic rings. The molecule has 0 bridgehead atoms. The third-order valence-electron chi connectivity index (χ3n) is 6.87. The van der Waals surface area contributed by atoms with Gasteiger partial charge in [0.15, 0.2) is 0 Å². The third-order valence-corrected chi connectivity index (χ3v) is 8.44. The molecule has 4 rings (SSSR count). The first-order chi connectivity index (χ1) is 15.4. The maximum absolute atomic E-state index is 13.7. The molecule has 1 unspecified atom stereocenters. The molecule has 1 aromatic heterocycles. The van der Waals surface area contributed by atoms with Gasteiger partial charge in [-0.2, -0.15) is 12.7 Å². The number of piperazine rings is 1. The monoisotopic (exact) mass is 483 g/mol. The van der Waals surface area contributed by atoms with Crippen molar-refractivity contribution in [3.63, 3.8) is 0 Å². The molecule has 0 spiro atoms. The highest BCUT2D eigenvalue weighted by molar-refractivity contribution is 7.87. The highest BCUT2D eigenvalue weighted by Gasteiger charge is 2.36. The summed E-state index contributed by atoms with van der Waals surface area (Å²) in [5, 5.41) is 3.29. The van der Waals surface area contributed by atoms with Crippen molar-refractivity contribution < 1.29 is 17.2 Å². The normalized spacial score (nSPS) is 23.3. The fraction of sp³-hybridized carbons (Fsp3) is 0.696. The molecule has 0 radical (unpaired) electrons. The lowest BCUT2D eigenvalue weighted by Crippen LogP contribution is -2.51. The van der Waals surface area contributed by atoms with Gasteiger partial charge in [-0.05, 0) is 36.5 Å². The topological polar surface area (TPSA) is 79.3 Å². The van der Waals surface area contributed by atoms with Crippen molar-refractivity contribution in [1.29, 1.82) is 0 Å². The largest absolute Gasteiger partial charge is 0.327 e. The van der Waals surface area contributed by atoms with Crippen LogP contribution in [0.2, 0.25) is 0 Å². The number of benzene rings is 1. The number of aromatic nitrogens is 2. The van der Waals surface area contributed by atoms with E-state index in [1.807, 2.05) is 18.2 Å². The van der Waals surface area contributed by atoms with Gasteiger partial charge in [0.2, 0.25) is 5.92 Å². The number of rotatable bonds is 5. The molecular formula is C23H35F2N5O2S. The fourth-order valence-corrected chi connectivity index (χ4v) is 6.12. The Morgan fingerprint density at radius 3 is 2.58 bits per heavy atom. The van der Waals surface area contributed by atoms with Crippen LogP contribution >= 0.6 is 0 Å². The minimum absolute atomic E-state index is 0.0518. The van der Waals surface area contributed by atoms with Gasteiger partial charge in [0.1, 0.15) is 5.82 Å². The van der Waals surface area contributed by atoms with E-state index < -0.39 is 16.1 Å². The number of halogens is 2. The fourth-order valence-electron chi connectivity index (χ4n) is 5.03. The van der Waals surface area contributed by atoms with Gasteiger partial charge >= 0.3 is 0 Å². The van der Waals surface area contributed by atoms with Crippen molar-refractivity contribution in [2.45, 2.75) is 70.4 Å². The number of nitrogens with one attached hydrogen (secondary N) is 2. The van der Waals surface area contributed by atoms with E-state index in [1.54, 1.807) is 0 Å². The molecule has 10 heteroatoms. The van der Waals surface area contributed by atoms with Gasteiger partial charge in [0, 0.05) is 51.5 Å². The Morgan fingerprint density at radius 2 is 1.94 bits per heavy atom. The van der Waals surface area contributed by atoms with Crippen LogP contribution < -0.4 is 10.0 Å². The van der Waals surface area contributed by atoms with Crippen LogP contribution in [0.4, 0.5) is 8.78 Å². The molecule has 0 amide bonds. The minimum Gasteiger partial charge on any atom is -0.327 e. The summed E-state index contributed by atoms with van der Waals surface area (Å²) in [6.45, 7) is 8.49. The van der Waals surface area contributed by atoms with Crippen molar-refractivity contribution in [2.75, 3.05) is 26.7 Å². The molecule has 1 saturated heterocycles. The van der Waals surface area contributed by atoms with Crippen LogP contribution in [-0.4, -0.2) is 54.9 Å². The van der Waals surface area contributed by atoms with E-state index in [4.69, 9.17) is 4.98 Å². The van der Waals surface area contributed by atoms with E-state index in [2.05, 4.69) is 35.4 Å². The average molecular weight is 484 g/mol. The number of imidazole rings is 1. The van der Waals surface area contributed by atoms with E-state index in [-0.39, 0.29) is 30.2 Å². The van der Waals surface area contributed by atoms with Crippen LogP contribution in [0.3, 0.4) is 0 Å². The Bertz CT molecular complexity index is 1100. The SMILES string of the molecule is CNS(=O)(=O)N1CCNCC1c1ccc2c(c1)nc(C(C)(C)C)n2CC1CCC(F)(F)CC1. The summed E-state index contributed by atoms with van der Waals surface area (Å²) in [5.74, 6) is -1.42. The van der Waals surface area contributed by atoms with E-state index in [0.717, 1.165) is 22.4 Å². The van der Waals surface area contributed by atoms with Crippen LogP contribution in [0, 0.1) is 5.92 Å². The molecule has 1 atom stereocenters. The van der Waals surface area contributed by atoms with Gasteiger partial charge in [0.05, 0.1) is 17.1 Å². The molecule has 1 saturated carbocycles. The van der Waals surface area contributed by atoms with E-state index in [9.17, 15) is 17.2 Å². The predicted octanol–water partition coefficient (Wildman–Crippen LogP) is 3.57. The number of alkyl halides is 2. The highest BCUT2D eigenvalue weighted by Crippen LogP contribution is 2.38. The summed E-state index contributed by atoms with van der Waals surface area (Å²) >= 11 is 0. The minimum atomic E-state index is -3.57. The van der Waals surface area contributed by atoms with Gasteiger partial charge < -0.3 is 9.88 Å². The van der Waals surface area contributed by atoms with E-state index >= 15 is 0 Å². The van der Waals surface area contributed by atoms with Crippen LogP contribution in [0.1, 0.15) is 63.9 Å². The second kappa shape index (κ2) is 8.87. The molecule has 1 aliphatic carbocycles. The van der Waals surface area contributed by atoms with Crippen molar-refractivity contribution >= 4 is 21.2 Å². The van der Waals surface area contributed by atoms with Crippen molar-refractivity contribution in [3.05, 3.63) is 29.6 Å². The predicted molar refractivity (Wildman–Crippen MR) is 126 cm³/mol. The number of hydrogen-bond acceptors (Lipinski definition) is 4. The summed E-state index contributed by atoms with van der Waals surface area (Å²) in [4.78, 5) is 4.95. The van der Waals surface area contributed by atoms with Gasteiger partial charge in [-0.3, -0.25) is 0 Å². The van der Waals surface area contributed by atoms with Crippen LogP contribution in [0.5, 0.6) is 0 Å². The number of hydrogen-bond donors (Lipinski definition) is 2. The Morgan fingerprint density at radius 1 is 1.24 bits per heavy atom. The second-order valence-corrected chi connectivity index (χ2v) is 12.2. The van der Waals surface area contributed by atoms with E-state index in [0.29, 0.717) is 39.0 Å². The van der Waals surface area contributed by atoms with Gasteiger partial charge in [-0.15, -0.1) is 0 Å². The van der Waals surface area contributed by atoms with Crippen molar-refractivity contribution in [1.82, 2.24) is 23.9 Å². The third kappa shape index (κ3) is 5.08. The van der Waals surface area contributed by atoms with Gasteiger partial charge in [-0.25, -0.2) is 18.5 Å². The second-order valence-electron chi connectivity index (χ2n) is 10.4. The first-order valence-electron chi connectivity index (χ1n) is 11.7.